The molecule has 0 spiro atoms. The molecule has 1 amide bonds. The fourth-order valence-electron chi connectivity index (χ4n) is 1.66. The minimum Gasteiger partial charge on any atom is -0.292 e. The van der Waals surface area contributed by atoms with E-state index in [4.69, 9.17) is 5.26 Å². The molecule has 0 bridgehead atoms. The van der Waals surface area contributed by atoms with Crippen LogP contribution in [0.3, 0.4) is 0 Å². The molecule has 0 radical (unpaired) electrons. The zero-order valence-electron chi connectivity index (χ0n) is 7.82. The Balaban J connectivity index is 2.31. The molecule has 1 aromatic heterocycles. The second kappa shape index (κ2) is 3.14. The van der Waals surface area contributed by atoms with E-state index in [-0.39, 0.29) is 11.9 Å². The van der Waals surface area contributed by atoms with Crippen molar-refractivity contribution in [1.82, 2.24) is 10.2 Å². The molecule has 5 heteroatoms. The minimum atomic E-state index is 0.0533. The first kappa shape index (κ1) is 8.75. The highest BCUT2D eigenvalue weighted by Crippen LogP contribution is 2.29. The minimum absolute atomic E-state index is 0.0533. The van der Waals surface area contributed by atoms with Gasteiger partial charge in [0.15, 0.2) is 0 Å². The lowest BCUT2D eigenvalue weighted by molar-refractivity contribution is -0.124. The number of aromatic nitrogens is 2. The SMILES string of the molecule is CCC1CC(=O)N1c1[nH]ncc1C#N. The third-order valence-electron chi connectivity index (χ3n) is 2.50. The summed E-state index contributed by atoms with van der Waals surface area (Å²) in [5.74, 6) is 0.591. The Morgan fingerprint density at radius 1 is 1.86 bits per heavy atom. The standard InChI is InChI=1S/C9H10N4O/c1-2-7-3-8(14)13(7)9-6(4-10)5-11-12-9/h5,7H,2-3H2,1H3,(H,11,12). The number of rotatable bonds is 2. The number of anilines is 1. The van der Waals surface area contributed by atoms with E-state index in [9.17, 15) is 4.79 Å². The van der Waals surface area contributed by atoms with E-state index in [1.807, 2.05) is 13.0 Å². The first-order chi connectivity index (χ1) is 6.77. The normalized spacial score (nSPS) is 20.4. The molecule has 1 unspecified atom stereocenters. The first-order valence-corrected chi connectivity index (χ1v) is 4.53. The number of hydrogen-bond acceptors (Lipinski definition) is 3. The van der Waals surface area contributed by atoms with Crippen molar-refractivity contribution in [2.24, 2.45) is 0 Å². The van der Waals surface area contributed by atoms with Gasteiger partial charge in [0.05, 0.1) is 6.20 Å². The number of H-pyrrole nitrogens is 1. The number of nitrogens with zero attached hydrogens (tertiary/aromatic N) is 3. The Morgan fingerprint density at radius 3 is 3.21 bits per heavy atom. The number of nitrogens with one attached hydrogen (secondary N) is 1. The molecule has 0 saturated carbocycles. The monoisotopic (exact) mass is 190 g/mol. The summed E-state index contributed by atoms with van der Waals surface area (Å²) in [6, 6.07) is 2.22. The van der Waals surface area contributed by atoms with Gasteiger partial charge in [0, 0.05) is 12.5 Å². The summed E-state index contributed by atoms with van der Waals surface area (Å²) in [5.41, 5.74) is 0.427. The Bertz CT molecular complexity index is 403. The molecule has 1 saturated heterocycles. The molecule has 1 atom stereocenters. The number of carbonyl (C=O) groups is 1. The molecular formula is C9H10N4O. The van der Waals surface area contributed by atoms with Gasteiger partial charge < -0.3 is 0 Å². The van der Waals surface area contributed by atoms with Gasteiger partial charge in [-0.3, -0.25) is 14.8 Å². The zero-order chi connectivity index (χ0) is 10.1. The Labute approximate surface area is 81.3 Å². The topological polar surface area (TPSA) is 72.8 Å². The quantitative estimate of drug-likeness (QED) is 0.701. The summed E-state index contributed by atoms with van der Waals surface area (Å²) in [4.78, 5) is 13.0. The number of carbonyl (C=O) groups excluding carboxylic acids is 1. The summed E-state index contributed by atoms with van der Waals surface area (Å²) in [5, 5.41) is 15.2. The van der Waals surface area contributed by atoms with Gasteiger partial charge in [0.2, 0.25) is 5.91 Å². The van der Waals surface area contributed by atoms with Gasteiger partial charge in [0.1, 0.15) is 17.5 Å². The molecular weight excluding hydrogens is 180 g/mol. The lowest BCUT2D eigenvalue weighted by atomic mass is 9.99. The molecule has 72 valence electrons. The van der Waals surface area contributed by atoms with Crippen LogP contribution in [0.15, 0.2) is 6.20 Å². The zero-order valence-corrected chi connectivity index (χ0v) is 7.82. The summed E-state index contributed by atoms with van der Waals surface area (Å²) >= 11 is 0. The maximum Gasteiger partial charge on any atom is 0.230 e. The second-order valence-corrected chi connectivity index (χ2v) is 3.27. The smallest absolute Gasteiger partial charge is 0.230 e. The van der Waals surface area contributed by atoms with Crippen LogP contribution in [0.5, 0.6) is 0 Å². The molecule has 1 N–H and O–H groups in total. The van der Waals surface area contributed by atoms with Crippen LogP contribution in [0.1, 0.15) is 25.3 Å². The molecule has 0 aromatic carbocycles. The third kappa shape index (κ3) is 1.08. The van der Waals surface area contributed by atoms with Crippen molar-refractivity contribution in [3.05, 3.63) is 11.8 Å². The van der Waals surface area contributed by atoms with Crippen LogP contribution >= 0.6 is 0 Å². The van der Waals surface area contributed by atoms with Crippen LogP contribution in [-0.2, 0) is 4.79 Å². The van der Waals surface area contributed by atoms with E-state index in [0.717, 1.165) is 6.42 Å². The van der Waals surface area contributed by atoms with Gasteiger partial charge in [0.25, 0.3) is 0 Å². The molecule has 14 heavy (non-hydrogen) atoms. The molecule has 1 aliphatic rings. The van der Waals surface area contributed by atoms with Crippen molar-refractivity contribution in [1.29, 1.82) is 5.26 Å². The van der Waals surface area contributed by atoms with E-state index in [2.05, 4.69) is 10.2 Å². The largest absolute Gasteiger partial charge is 0.292 e. The van der Waals surface area contributed by atoms with Crippen LogP contribution in [0.2, 0.25) is 0 Å². The summed E-state index contributed by atoms with van der Waals surface area (Å²) < 4.78 is 0. The Kier molecular flexibility index (Phi) is 1.97. The van der Waals surface area contributed by atoms with Gasteiger partial charge in [-0.25, -0.2) is 0 Å². The Hall–Kier alpha value is -1.83. The predicted octanol–water partition coefficient (Wildman–Crippen LogP) is 0.797. The third-order valence-corrected chi connectivity index (χ3v) is 2.50. The molecule has 2 heterocycles. The van der Waals surface area contributed by atoms with E-state index < -0.39 is 0 Å². The fraction of sp³-hybridized carbons (Fsp3) is 0.444. The summed E-state index contributed by atoms with van der Waals surface area (Å²) in [6.07, 6.45) is 2.91. The summed E-state index contributed by atoms with van der Waals surface area (Å²) in [7, 11) is 0. The van der Waals surface area contributed by atoms with Crippen LogP contribution in [-0.4, -0.2) is 22.1 Å². The predicted molar refractivity (Wildman–Crippen MR) is 49.5 cm³/mol. The highest BCUT2D eigenvalue weighted by Gasteiger charge is 2.37. The van der Waals surface area contributed by atoms with Crippen molar-refractivity contribution in [3.63, 3.8) is 0 Å². The number of hydrogen-bond donors (Lipinski definition) is 1. The maximum absolute atomic E-state index is 11.3. The first-order valence-electron chi connectivity index (χ1n) is 4.53. The van der Waals surface area contributed by atoms with Gasteiger partial charge in [-0.15, -0.1) is 0 Å². The van der Waals surface area contributed by atoms with Crippen LogP contribution in [0, 0.1) is 11.3 Å². The highest BCUT2D eigenvalue weighted by molar-refractivity contribution is 6.00. The van der Waals surface area contributed by atoms with Crippen LogP contribution in [0.25, 0.3) is 0 Å². The molecule has 1 fully saturated rings. The average Bonchev–Trinajstić information content (AvgIpc) is 2.61. The van der Waals surface area contributed by atoms with Crippen molar-refractivity contribution < 1.29 is 4.79 Å². The van der Waals surface area contributed by atoms with Gasteiger partial charge in [-0.1, -0.05) is 6.92 Å². The van der Waals surface area contributed by atoms with Crippen molar-refractivity contribution >= 4 is 11.7 Å². The molecule has 2 rings (SSSR count). The van der Waals surface area contributed by atoms with E-state index in [0.29, 0.717) is 17.8 Å². The van der Waals surface area contributed by atoms with Crippen molar-refractivity contribution in [2.75, 3.05) is 4.90 Å². The molecule has 5 nitrogen and oxygen atoms in total. The van der Waals surface area contributed by atoms with E-state index in [1.54, 1.807) is 4.90 Å². The molecule has 1 aliphatic heterocycles. The second-order valence-electron chi connectivity index (χ2n) is 3.27. The lowest BCUT2D eigenvalue weighted by Gasteiger charge is -2.38. The number of β-lactam (4-membered cyclic amide) rings is 1. The van der Waals surface area contributed by atoms with Crippen LogP contribution in [0.4, 0.5) is 5.82 Å². The van der Waals surface area contributed by atoms with Crippen LogP contribution < -0.4 is 4.90 Å². The van der Waals surface area contributed by atoms with E-state index >= 15 is 0 Å². The van der Waals surface area contributed by atoms with Gasteiger partial charge in [-0.2, -0.15) is 10.4 Å². The fourth-order valence-corrected chi connectivity index (χ4v) is 1.66. The van der Waals surface area contributed by atoms with Crippen molar-refractivity contribution in [3.8, 4) is 6.07 Å². The number of aromatic amines is 1. The van der Waals surface area contributed by atoms with Gasteiger partial charge >= 0.3 is 0 Å². The maximum atomic E-state index is 11.3. The highest BCUT2D eigenvalue weighted by atomic mass is 16.2. The van der Waals surface area contributed by atoms with Crippen molar-refractivity contribution in [2.45, 2.75) is 25.8 Å². The molecule has 1 aromatic rings. The lowest BCUT2D eigenvalue weighted by Crippen LogP contribution is -2.53. The molecule has 0 aliphatic carbocycles. The number of nitriles is 1. The average molecular weight is 190 g/mol. The number of amides is 1. The summed E-state index contributed by atoms with van der Waals surface area (Å²) in [6.45, 7) is 2.02. The van der Waals surface area contributed by atoms with Gasteiger partial charge in [-0.05, 0) is 6.42 Å². The Morgan fingerprint density at radius 2 is 2.64 bits per heavy atom. The van der Waals surface area contributed by atoms with E-state index in [1.165, 1.54) is 6.20 Å².